The van der Waals surface area contributed by atoms with Gasteiger partial charge < -0.3 is 0 Å². The monoisotopic (exact) mass is 190 g/mol. The first-order valence-corrected chi connectivity index (χ1v) is 6.01. The highest BCUT2D eigenvalue weighted by Crippen LogP contribution is 2.44. The van der Waals surface area contributed by atoms with Crippen molar-refractivity contribution < 1.29 is 0 Å². The normalized spacial score (nSPS) is 37.3. The maximum Gasteiger partial charge on any atom is -0.0138 e. The summed E-state index contributed by atoms with van der Waals surface area (Å²) in [5, 5.41) is 0. The smallest absolute Gasteiger partial charge is 0.0138 e. The Bertz CT molecular complexity index is 259. The average Bonchev–Trinajstić information content (AvgIpc) is 2.16. The average molecular weight is 190 g/mol. The van der Waals surface area contributed by atoms with Crippen LogP contribution in [0, 0.1) is 17.8 Å². The van der Waals surface area contributed by atoms with Crippen molar-refractivity contribution in [1.29, 1.82) is 0 Å². The first-order chi connectivity index (χ1) is 6.68. The largest absolute Gasteiger partial charge is 0.0998 e. The minimum absolute atomic E-state index is 0.783. The van der Waals surface area contributed by atoms with Gasteiger partial charge in [-0.3, -0.25) is 0 Å². The molecule has 0 aromatic rings. The molecule has 0 bridgehead atoms. The molecule has 1 saturated carbocycles. The Morgan fingerprint density at radius 3 is 2.79 bits per heavy atom. The van der Waals surface area contributed by atoms with Crippen molar-refractivity contribution in [2.75, 3.05) is 0 Å². The van der Waals surface area contributed by atoms with Crippen LogP contribution in [0.3, 0.4) is 0 Å². The lowest BCUT2D eigenvalue weighted by Gasteiger charge is -2.40. The summed E-state index contributed by atoms with van der Waals surface area (Å²) in [6.45, 7) is 8.69. The summed E-state index contributed by atoms with van der Waals surface area (Å²) < 4.78 is 0. The maximum atomic E-state index is 4.18. The number of allylic oxidation sites excluding steroid dienone is 3. The van der Waals surface area contributed by atoms with Crippen molar-refractivity contribution in [1.82, 2.24) is 0 Å². The third-order valence-corrected chi connectivity index (χ3v) is 4.07. The highest BCUT2D eigenvalue weighted by Gasteiger charge is 2.33. The molecule has 0 amide bonds. The van der Waals surface area contributed by atoms with Crippen LogP contribution in [-0.4, -0.2) is 0 Å². The van der Waals surface area contributed by atoms with Gasteiger partial charge in [0.2, 0.25) is 0 Å². The van der Waals surface area contributed by atoms with Gasteiger partial charge in [-0.15, -0.1) is 0 Å². The molecule has 2 aliphatic carbocycles. The number of hydrogen-bond acceptors (Lipinski definition) is 0. The highest BCUT2D eigenvalue weighted by atomic mass is 14.4. The van der Waals surface area contributed by atoms with Gasteiger partial charge in [-0.25, -0.2) is 0 Å². The summed E-state index contributed by atoms with van der Waals surface area (Å²) in [7, 11) is 0. The van der Waals surface area contributed by atoms with Gasteiger partial charge in [-0.2, -0.15) is 0 Å². The molecular weight excluding hydrogens is 168 g/mol. The Hall–Kier alpha value is -0.520. The molecule has 0 spiro atoms. The van der Waals surface area contributed by atoms with Crippen molar-refractivity contribution in [2.24, 2.45) is 17.8 Å². The van der Waals surface area contributed by atoms with E-state index in [4.69, 9.17) is 0 Å². The molecule has 0 saturated heterocycles. The standard InChI is InChI=1S/C14H22/c1-10(2)14-9-11(3)8-12-6-4-5-7-13(12)14/h8,12-14H,1,4-7,9H2,2-3H3/t12-,13-,14-/m0/s1. The van der Waals surface area contributed by atoms with E-state index in [2.05, 4.69) is 26.5 Å². The van der Waals surface area contributed by atoms with Gasteiger partial charge in [0, 0.05) is 0 Å². The minimum Gasteiger partial charge on any atom is -0.0998 e. The molecule has 14 heavy (non-hydrogen) atoms. The Kier molecular flexibility index (Phi) is 2.80. The van der Waals surface area contributed by atoms with E-state index in [0.717, 1.165) is 17.8 Å². The molecule has 0 heteroatoms. The third kappa shape index (κ3) is 1.80. The van der Waals surface area contributed by atoms with Crippen molar-refractivity contribution in [3.05, 3.63) is 23.8 Å². The fraction of sp³-hybridized carbons (Fsp3) is 0.714. The van der Waals surface area contributed by atoms with E-state index in [0.29, 0.717) is 0 Å². The lowest BCUT2D eigenvalue weighted by Crippen LogP contribution is -2.30. The van der Waals surface area contributed by atoms with E-state index in [1.807, 2.05) is 0 Å². The van der Waals surface area contributed by atoms with Crippen molar-refractivity contribution in [2.45, 2.75) is 46.0 Å². The summed E-state index contributed by atoms with van der Waals surface area (Å²) in [5.74, 6) is 2.58. The Balaban J connectivity index is 2.20. The molecule has 0 aromatic carbocycles. The van der Waals surface area contributed by atoms with Crippen LogP contribution in [0.1, 0.15) is 46.0 Å². The van der Waals surface area contributed by atoms with Gasteiger partial charge in [-0.05, 0) is 50.9 Å². The molecule has 0 aromatic heterocycles. The van der Waals surface area contributed by atoms with Gasteiger partial charge >= 0.3 is 0 Å². The van der Waals surface area contributed by atoms with E-state index in [1.165, 1.54) is 37.7 Å². The molecule has 3 atom stereocenters. The van der Waals surface area contributed by atoms with Crippen LogP contribution >= 0.6 is 0 Å². The van der Waals surface area contributed by atoms with Gasteiger partial charge in [0.1, 0.15) is 0 Å². The summed E-state index contributed by atoms with van der Waals surface area (Å²) in [4.78, 5) is 0. The number of rotatable bonds is 1. The Morgan fingerprint density at radius 1 is 1.36 bits per heavy atom. The minimum atomic E-state index is 0.783. The topological polar surface area (TPSA) is 0 Å². The lowest BCUT2D eigenvalue weighted by molar-refractivity contribution is 0.202. The molecule has 1 fully saturated rings. The zero-order valence-corrected chi connectivity index (χ0v) is 9.55. The lowest BCUT2D eigenvalue weighted by atomic mass is 9.65. The summed E-state index contributed by atoms with van der Waals surface area (Å²) in [6, 6.07) is 0. The maximum absolute atomic E-state index is 4.18. The SMILES string of the molecule is C=C(C)[C@@H]1CC(C)=C[C@@H]2CCCC[C@@H]21. The second-order valence-corrected chi connectivity index (χ2v) is 5.28. The first kappa shape index (κ1) is 10.0. The van der Waals surface area contributed by atoms with Crippen LogP contribution in [-0.2, 0) is 0 Å². The van der Waals surface area contributed by atoms with Crippen molar-refractivity contribution >= 4 is 0 Å². The highest BCUT2D eigenvalue weighted by molar-refractivity contribution is 5.16. The van der Waals surface area contributed by atoms with Crippen LogP contribution in [0.2, 0.25) is 0 Å². The zero-order valence-electron chi connectivity index (χ0n) is 9.55. The first-order valence-electron chi connectivity index (χ1n) is 6.01. The molecular formula is C14H22. The fourth-order valence-electron chi connectivity index (χ4n) is 3.37. The van der Waals surface area contributed by atoms with Gasteiger partial charge in [0.25, 0.3) is 0 Å². The number of fused-ring (bicyclic) bond motifs is 1. The summed E-state index contributed by atoms with van der Waals surface area (Å²) >= 11 is 0. The second-order valence-electron chi connectivity index (χ2n) is 5.28. The molecule has 0 aliphatic heterocycles. The van der Waals surface area contributed by atoms with Crippen LogP contribution in [0.5, 0.6) is 0 Å². The van der Waals surface area contributed by atoms with E-state index in [1.54, 1.807) is 5.57 Å². The van der Waals surface area contributed by atoms with Crippen molar-refractivity contribution in [3.8, 4) is 0 Å². The van der Waals surface area contributed by atoms with Gasteiger partial charge in [-0.1, -0.05) is 36.6 Å². The summed E-state index contributed by atoms with van der Waals surface area (Å²) in [5.41, 5.74) is 3.01. The van der Waals surface area contributed by atoms with Crippen LogP contribution in [0.25, 0.3) is 0 Å². The Morgan fingerprint density at radius 2 is 2.07 bits per heavy atom. The molecule has 0 N–H and O–H groups in total. The molecule has 0 heterocycles. The van der Waals surface area contributed by atoms with E-state index < -0.39 is 0 Å². The second kappa shape index (κ2) is 3.92. The van der Waals surface area contributed by atoms with Gasteiger partial charge in [0.05, 0.1) is 0 Å². The van der Waals surface area contributed by atoms with Crippen LogP contribution < -0.4 is 0 Å². The predicted molar refractivity (Wildman–Crippen MR) is 62.1 cm³/mol. The summed E-state index contributed by atoms with van der Waals surface area (Å²) in [6.07, 6.45) is 9.56. The van der Waals surface area contributed by atoms with Crippen LogP contribution in [0.15, 0.2) is 23.8 Å². The molecule has 2 rings (SSSR count). The van der Waals surface area contributed by atoms with Gasteiger partial charge in [0.15, 0.2) is 0 Å². The molecule has 0 unspecified atom stereocenters. The molecule has 2 aliphatic rings. The molecule has 78 valence electrons. The number of hydrogen-bond donors (Lipinski definition) is 0. The van der Waals surface area contributed by atoms with Crippen molar-refractivity contribution in [3.63, 3.8) is 0 Å². The molecule has 0 radical (unpaired) electrons. The van der Waals surface area contributed by atoms with E-state index in [9.17, 15) is 0 Å². The zero-order chi connectivity index (χ0) is 10.1. The fourth-order valence-corrected chi connectivity index (χ4v) is 3.37. The third-order valence-electron chi connectivity index (χ3n) is 4.07. The van der Waals surface area contributed by atoms with E-state index in [-0.39, 0.29) is 0 Å². The van der Waals surface area contributed by atoms with E-state index >= 15 is 0 Å². The Labute approximate surface area is 88.1 Å². The van der Waals surface area contributed by atoms with Crippen LogP contribution in [0.4, 0.5) is 0 Å². The molecule has 0 nitrogen and oxygen atoms in total. The quantitative estimate of drug-likeness (QED) is 0.540. The predicted octanol–water partition coefficient (Wildman–Crippen LogP) is 4.34.